The number of halogens is 1. The van der Waals surface area contributed by atoms with Crippen LogP contribution in [0.25, 0.3) is 0 Å². The number of fused-ring (bicyclic) bond motifs is 1. The van der Waals surface area contributed by atoms with E-state index < -0.39 is 6.10 Å². The quantitative estimate of drug-likeness (QED) is 0.777. The Hall–Kier alpha value is -1.64. The van der Waals surface area contributed by atoms with Gasteiger partial charge in [-0.2, -0.15) is 0 Å². The lowest BCUT2D eigenvalue weighted by molar-refractivity contribution is 0.0349. The van der Waals surface area contributed by atoms with E-state index in [1.165, 1.54) is 5.56 Å². The molecule has 2 aromatic rings. The lowest BCUT2D eigenvalue weighted by Gasteiger charge is -2.25. The summed E-state index contributed by atoms with van der Waals surface area (Å²) >= 11 is 5.84. The fraction of sp³-hybridized carbons (Fsp3) is 0.188. The lowest BCUT2D eigenvalue weighted by Crippen LogP contribution is -2.23. The van der Waals surface area contributed by atoms with Crippen LogP contribution in [0.15, 0.2) is 48.5 Å². The molecule has 0 saturated carbocycles. The van der Waals surface area contributed by atoms with E-state index in [9.17, 15) is 4.79 Å². The minimum Gasteiger partial charge on any atom is -0.365 e. The number of ether oxygens (including phenoxy) is 1. The fourth-order valence-corrected chi connectivity index (χ4v) is 2.50. The van der Waals surface area contributed by atoms with Crippen LogP contribution >= 0.6 is 11.6 Å². The highest BCUT2D eigenvalue weighted by atomic mass is 35.5. The van der Waals surface area contributed by atoms with E-state index in [0.717, 1.165) is 12.0 Å². The van der Waals surface area contributed by atoms with Crippen molar-refractivity contribution in [3.05, 3.63) is 70.2 Å². The third kappa shape index (κ3) is 2.42. The molecule has 2 aromatic carbocycles. The van der Waals surface area contributed by atoms with Crippen molar-refractivity contribution in [3.63, 3.8) is 0 Å². The first-order chi connectivity index (χ1) is 9.25. The van der Waals surface area contributed by atoms with Crippen LogP contribution in [0.5, 0.6) is 0 Å². The van der Waals surface area contributed by atoms with Gasteiger partial charge < -0.3 is 4.74 Å². The molecule has 1 aliphatic rings. The summed E-state index contributed by atoms with van der Waals surface area (Å²) in [5, 5.41) is 0.626. The number of carbonyl (C=O) groups excluding carboxylic acids is 1. The molecule has 0 radical (unpaired) electrons. The van der Waals surface area contributed by atoms with Crippen LogP contribution in [0.4, 0.5) is 0 Å². The van der Waals surface area contributed by atoms with Crippen molar-refractivity contribution in [1.29, 1.82) is 0 Å². The smallest absolute Gasteiger partial charge is 0.196 e. The van der Waals surface area contributed by atoms with Gasteiger partial charge in [0.15, 0.2) is 5.78 Å². The second-order valence-electron chi connectivity index (χ2n) is 4.57. The highest BCUT2D eigenvalue weighted by Gasteiger charge is 2.27. The van der Waals surface area contributed by atoms with Crippen LogP contribution in [0, 0.1) is 0 Å². The largest absolute Gasteiger partial charge is 0.365 e. The highest BCUT2D eigenvalue weighted by Crippen LogP contribution is 2.30. The van der Waals surface area contributed by atoms with Crippen molar-refractivity contribution in [2.24, 2.45) is 0 Å². The second kappa shape index (κ2) is 5.16. The Bertz CT molecular complexity index is 604. The molecule has 1 heterocycles. The molecule has 3 rings (SSSR count). The molecule has 1 aliphatic heterocycles. The Morgan fingerprint density at radius 1 is 1.11 bits per heavy atom. The zero-order valence-electron chi connectivity index (χ0n) is 10.3. The maximum atomic E-state index is 12.5. The average Bonchev–Trinajstić information content (AvgIpc) is 2.47. The molecule has 0 spiro atoms. The topological polar surface area (TPSA) is 26.3 Å². The van der Waals surface area contributed by atoms with E-state index in [-0.39, 0.29) is 5.78 Å². The van der Waals surface area contributed by atoms with Gasteiger partial charge in [-0.15, -0.1) is 0 Å². The maximum absolute atomic E-state index is 12.5. The van der Waals surface area contributed by atoms with Gasteiger partial charge in [-0.05, 0) is 41.8 Å². The van der Waals surface area contributed by atoms with Gasteiger partial charge in [0.05, 0.1) is 6.61 Å². The summed E-state index contributed by atoms with van der Waals surface area (Å²) in [6.07, 6.45) is 0.367. The molecular formula is C16H13ClO2. The summed E-state index contributed by atoms with van der Waals surface area (Å²) in [6, 6.07) is 14.9. The molecule has 0 saturated heterocycles. The molecule has 0 fully saturated rings. The van der Waals surface area contributed by atoms with Gasteiger partial charge in [0, 0.05) is 10.6 Å². The summed E-state index contributed by atoms with van der Waals surface area (Å²) in [6.45, 7) is 0.584. The third-order valence-corrected chi connectivity index (χ3v) is 3.61. The van der Waals surface area contributed by atoms with Gasteiger partial charge in [0.1, 0.15) is 6.10 Å². The summed E-state index contributed by atoms with van der Waals surface area (Å²) in [7, 11) is 0. The first kappa shape index (κ1) is 12.4. The number of hydrogen-bond donors (Lipinski definition) is 0. The van der Waals surface area contributed by atoms with Gasteiger partial charge >= 0.3 is 0 Å². The number of rotatable bonds is 2. The van der Waals surface area contributed by atoms with Gasteiger partial charge in [-0.25, -0.2) is 0 Å². The van der Waals surface area contributed by atoms with Crippen LogP contribution in [-0.4, -0.2) is 12.4 Å². The predicted molar refractivity (Wildman–Crippen MR) is 74.6 cm³/mol. The van der Waals surface area contributed by atoms with E-state index >= 15 is 0 Å². The first-order valence-corrected chi connectivity index (χ1v) is 6.63. The minimum atomic E-state index is -0.494. The Kier molecular flexibility index (Phi) is 3.36. The van der Waals surface area contributed by atoms with E-state index in [0.29, 0.717) is 17.2 Å². The molecular weight excluding hydrogens is 260 g/mol. The van der Waals surface area contributed by atoms with Crippen LogP contribution in [0.1, 0.15) is 27.6 Å². The van der Waals surface area contributed by atoms with Crippen molar-refractivity contribution >= 4 is 17.4 Å². The Morgan fingerprint density at radius 3 is 2.63 bits per heavy atom. The van der Waals surface area contributed by atoms with Gasteiger partial charge in [0.25, 0.3) is 0 Å². The SMILES string of the molecule is O=C(c1ccc(Cl)cc1)C1OCCc2ccccc21. The van der Waals surface area contributed by atoms with Crippen molar-refractivity contribution in [1.82, 2.24) is 0 Å². The van der Waals surface area contributed by atoms with Gasteiger partial charge in [0.2, 0.25) is 0 Å². The predicted octanol–water partition coefficient (Wildman–Crippen LogP) is 3.84. The summed E-state index contributed by atoms with van der Waals surface area (Å²) in [5.74, 6) is -0.0104. The molecule has 0 aliphatic carbocycles. The minimum absolute atomic E-state index is 0.0104. The molecule has 0 N–H and O–H groups in total. The third-order valence-electron chi connectivity index (χ3n) is 3.36. The van der Waals surface area contributed by atoms with Gasteiger partial charge in [-0.1, -0.05) is 35.9 Å². The number of carbonyl (C=O) groups is 1. The molecule has 2 nitrogen and oxygen atoms in total. The van der Waals surface area contributed by atoms with E-state index in [4.69, 9.17) is 16.3 Å². The van der Waals surface area contributed by atoms with Crippen molar-refractivity contribution < 1.29 is 9.53 Å². The van der Waals surface area contributed by atoms with E-state index in [2.05, 4.69) is 6.07 Å². The Balaban J connectivity index is 1.95. The maximum Gasteiger partial charge on any atom is 0.196 e. The number of Topliss-reactive ketones (excluding diaryl/α,β-unsaturated/α-hetero) is 1. The van der Waals surface area contributed by atoms with Crippen molar-refractivity contribution in [2.45, 2.75) is 12.5 Å². The fourth-order valence-electron chi connectivity index (χ4n) is 2.38. The van der Waals surface area contributed by atoms with Crippen LogP contribution in [0.3, 0.4) is 0 Å². The van der Waals surface area contributed by atoms with E-state index in [1.54, 1.807) is 24.3 Å². The lowest BCUT2D eigenvalue weighted by atomic mass is 9.92. The van der Waals surface area contributed by atoms with Crippen molar-refractivity contribution in [2.75, 3.05) is 6.61 Å². The molecule has 0 amide bonds. The summed E-state index contributed by atoms with van der Waals surface area (Å²) in [5.41, 5.74) is 2.81. The van der Waals surface area contributed by atoms with Crippen LogP contribution in [-0.2, 0) is 11.2 Å². The normalized spacial score (nSPS) is 17.8. The monoisotopic (exact) mass is 272 g/mol. The zero-order valence-corrected chi connectivity index (χ0v) is 11.1. The number of ketones is 1. The molecule has 1 unspecified atom stereocenters. The Morgan fingerprint density at radius 2 is 1.84 bits per heavy atom. The molecule has 19 heavy (non-hydrogen) atoms. The standard InChI is InChI=1S/C16H13ClO2/c17-13-7-5-12(6-8-13)15(18)16-14-4-2-1-3-11(14)9-10-19-16/h1-8,16H,9-10H2. The molecule has 0 aromatic heterocycles. The second-order valence-corrected chi connectivity index (χ2v) is 5.01. The molecule has 3 heteroatoms. The number of hydrogen-bond acceptors (Lipinski definition) is 2. The molecule has 1 atom stereocenters. The van der Waals surface area contributed by atoms with Crippen molar-refractivity contribution in [3.8, 4) is 0 Å². The Labute approximate surface area is 117 Å². The zero-order chi connectivity index (χ0) is 13.2. The van der Waals surface area contributed by atoms with Crippen LogP contribution in [0.2, 0.25) is 5.02 Å². The average molecular weight is 273 g/mol. The highest BCUT2D eigenvalue weighted by molar-refractivity contribution is 6.30. The van der Waals surface area contributed by atoms with Crippen LogP contribution < -0.4 is 0 Å². The van der Waals surface area contributed by atoms with Gasteiger partial charge in [-0.3, -0.25) is 4.79 Å². The molecule has 96 valence electrons. The summed E-state index contributed by atoms with van der Waals surface area (Å²) in [4.78, 5) is 12.5. The first-order valence-electron chi connectivity index (χ1n) is 6.25. The number of benzene rings is 2. The molecule has 0 bridgehead atoms. The van der Waals surface area contributed by atoms with E-state index in [1.807, 2.05) is 18.2 Å². The summed E-state index contributed by atoms with van der Waals surface area (Å²) < 4.78 is 5.67.